The Morgan fingerprint density at radius 1 is 0.964 bits per heavy atom. The van der Waals surface area contributed by atoms with Crippen LogP contribution in [0.2, 0.25) is 6.04 Å². The summed E-state index contributed by atoms with van der Waals surface area (Å²) in [4.78, 5) is 13.2. The van der Waals surface area contributed by atoms with Gasteiger partial charge >= 0.3 is 8.80 Å². The smallest absolute Gasteiger partial charge is 0.374 e. The van der Waals surface area contributed by atoms with Gasteiger partial charge in [-0.3, -0.25) is 5.01 Å². The average Bonchev–Trinajstić information content (AvgIpc) is 2.67. The maximum Gasteiger partial charge on any atom is 0.500 e. The first kappa shape index (κ1) is 24.6. The molecule has 1 heterocycles. The van der Waals surface area contributed by atoms with E-state index in [1.165, 1.54) is 5.01 Å². The number of nitrogens with one attached hydrogen (secondary N) is 1. The van der Waals surface area contributed by atoms with Gasteiger partial charge in [-0.15, -0.1) is 0 Å². The van der Waals surface area contributed by atoms with Gasteiger partial charge in [-0.2, -0.15) is 15.0 Å². The Labute approximate surface area is 168 Å². The number of hydrogen-bond acceptors (Lipinski definition) is 11. The predicted octanol–water partition coefficient (Wildman–Crippen LogP) is -0.138. The fourth-order valence-corrected chi connectivity index (χ4v) is 5.23. The highest BCUT2D eigenvalue weighted by Crippen LogP contribution is 2.20. The molecule has 11 nitrogen and oxygen atoms in total. The van der Waals surface area contributed by atoms with Crippen molar-refractivity contribution < 1.29 is 13.3 Å². The Balaban J connectivity index is 2.88. The highest BCUT2D eigenvalue weighted by atomic mass is 28.4. The fraction of sp³-hybridized carbons (Fsp3) is 0.812. The summed E-state index contributed by atoms with van der Waals surface area (Å²) in [5, 5.41) is 4.49. The highest BCUT2D eigenvalue weighted by Gasteiger charge is 2.39. The van der Waals surface area contributed by atoms with Crippen LogP contribution in [0, 0.1) is 0 Å². The number of nitrogens with zero attached hydrogens (tertiary/aromatic N) is 4. The van der Waals surface area contributed by atoms with E-state index in [-0.39, 0.29) is 0 Å². The molecule has 0 bridgehead atoms. The maximum atomic E-state index is 5.98. The topological polar surface area (TPSA) is 160 Å². The number of anilines is 2. The van der Waals surface area contributed by atoms with E-state index in [2.05, 4.69) is 20.3 Å². The second-order valence-corrected chi connectivity index (χ2v) is 8.64. The molecule has 0 fully saturated rings. The number of aromatic nitrogens is 3. The van der Waals surface area contributed by atoms with Crippen LogP contribution in [-0.4, -0.2) is 69.8 Å². The quantitative estimate of drug-likeness (QED) is 0.161. The Morgan fingerprint density at radius 3 is 2.14 bits per heavy atom. The fourth-order valence-electron chi connectivity index (χ4n) is 2.61. The molecule has 0 saturated heterocycles. The average molecular weight is 417 g/mol. The molecular weight excluding hydrogens is 380 g/mol. The summed E-state index contributed by atoms with van der Waals surface area (Å²) in [6.07, 6.45) is 1.37. The Hall–Kier alpha value is -1.41. The predicted molar refractivity (Wildman–Crippen MR) is 112 cm³/mol. The summed E-state index contributed by atoms with van der Waals surface area (Å²) in [5.74, 6) is 7.43. The molecule has 0 atom stereocenters. The first-order valence-electron chi connectivity index (χ1n) is 9.87. The number of rotatable bonds is 16. The van der Waals surface area contributed by atoms with Crippen molar-refractivity contribution in [1.29, 1.82) is 0 Å². The van der Waals surface area contributed by atoms with E-state index in [9.17, 15) is 0 Å². The van der Waals surface area contributed by atoms with Crippen molar-refractivity contribution in [3.8, 4) is 0 Å². The van der Waals surface area contributed by atoms with Gasteiger partial charge in [-0.1, -0.05) is 0 Å². The lowest BCUT2D eigenvalue weighted by molar-refractivity contribution is 0.0708. The second-order valence-electron chi connectivity index (χ2n) is 5.91. The molecule has 0 aliphatic rings. The third-order valence-corrected chi connectivity index (χ3v) is 6.85. The first-order chi connectivity index (χ1) is 13.5. The van der Waals surface area contributed by atoms with Gasteiger partial charge in [0.25, 0.3) is 0 Å². The third-order valence-electron chi connectivity index (χ3n) is 3.70. The molecule has 0 aromatic carbocycles. The molecule has 0 unspecified atom stereocenters. The molecule has 0 saturated carbocycles. The van der Waals surface area contributed by atoms with Crippen LogP contribution in [0.3, 0.4) is 0 Å². The van der Waals surface area contributed by atoms with Crippen molar-refractivity contribution in [3.05, 3.63) is 5.82 Å². The van der Waals surface area contributed by atoms with Crippen LogP contribution in [0.4, 0.5) is 11.9 Å². The molecule has 0 radical (unpaired) electrons. The normalized spacial score (nSPS) is 11.6. The van der Waals surface area contributed by atoms with Gasteiger partial charge in [-0.25, -0.2) is 5.84 Å². The number of aryl methyl sites for hydroxylation is 1. The minimum atomic E-state index is -2.69. The van der Waals surface area contributed by atoms with E-state index in [4.69, 9.17) is 30.6 Å². The molecule has 1 aromatic heterocycles. The number of hydrazine groups is 1. The molecular formula is C16H36N8O3Si. The van der Waals surface area contributed by atoms with Gasteiger partial charge in [0.05, 0.1) is 0 Å². The van der Waals surface area contributed by atoms with E-state index in [0.29, 0.717) is 76.2 Å². The van der Waals surface area contributed by atoms with Crippen LogP contribution < -0.4 is 27.6 Å². The van der Waals surface area contributed by atoms with E-state index < -0.39 is 8.80 Å². The molecule has 28 heavy (non-hydrogen) atoms. The summed E-state index contributed by atoms with van der Waals surface area (Å²) >= 11 is 0. The van der Waals surface area contributed by atoms with Gasteiger partial charge in [-0.05, 0) is 27.2 Å². The van der Waals surface area contributed by atoms with Crippen molar-refractivity contribution >= 4 is 20.7 Å². The van der Waals surface area contributed by atoms with Crippen molar-refractivity contribution in [1.82, 2.24) is 15.0 Å². The molecule has 0 amide bonds. The summed E-state index contributed by atoms with van der Waals surface area (Å²) in [7, 11) is -2.69. The van der Waals surface area contributed by atoms with Crippen molar-refractivity contribution in [2.45, 2.75) is 39.7 Å². The maximum absolute atomic E-state index is 5.98. The zero-order chi connectivity index (χ0) is 20.8. The molecule has 0 aliphatic carbocycles. The minimum absolute atomic E-state index is 0.373. The van der Waals surface area contributed by atoms with Crippen LogP contribution in [0.15, 0.2) is 0 Å². The molecule has 1 aromatic rings. The molecule has 162 valence electrons. The molecule has 0 spiro atoms. The lowest BCUT2D eigenvalue weighted by Crippen LogP contribution is -2.46. The van der Waals surface area contributed by atoms with Gasteiger partial charge in [0.2, 0.25) is 11.9 Å². The lowest BCUT2D eigenvalue weighted by atomic mass is 10.3. The zero-order valence-electron chi connectivity index (χ0n) is 17.3. The second kappa shape index (κ2) is 13.7. The summed E-state index contributed by atoms with van der Waals surface area (Å²) in [6.45, 7) is 9.35. The number of nitrogens with two attached hydrogens (primary N) is 3. The first-order valence-corrected chi connectivity index (χ1v) is 11.8. The van der Waals surface area contributed by atoms with Crippen LogP contribution in [0.1, 0.15) is 33.0 Å². The molecule has 0 aliphatic heterocycles. The van der Waals surface area contributed by atoms with Gasteiger partial charge in [0.15, 0.2) is 0 Å². The summed E-state index contributed by atoms with van der Waals surface area (Å²) in [6, 6.07) is 0.685. The molecule has 1 rings (SSSR count). The van der Waals surface area contributed by atoms with Gasteiger partial charge in [0.1, 0.15) is 5.82 Å². The van der Waals surface area contributed by atoms with Crippen molar-refractivity contribution in [3.63, 3.8) is 0 Å². The van der Waals surface area contributed by atoms with E-state index in [1.807, 2.05) is 20.8 Å². The van der Waals surface area contributed by atoms with Crippen molar-refractivity contribution in [2.75, 3.05) is 56.3 Å². The van der Waals surface area contributed by atoms with Crippen LogP contribution in [0.5, 0.6) is 0 Å². The number of hydrogen-bond donors (Lipinski definition) is 4. The molecule has 7 N–H and O–H groups in total. The van der Waals surface area contributed by atoms with Crippen molar-refractivity contribution in [2.24, 2.45) is 17.3 Å². The Morgan fingerprint density at radius 2 is 1.61 bits per heavy atom. The SMILES string of the molecule is CCO[Si](CCCc1nc(NCCN)nc(N(N)CCN)n1)(OCC)OCC. The summed E-state index contributed by atoms with van der Waals surface area (Å²) < 4.78 is 17.7. The molecule has 12 heteroatoms. The monoisotopic (exact) mass is 416 g/mol. The Kier molecular flexibility index (Phi) is 12.1. The lowest BCUT2D eigenvalue weighted by Gasteiger charge is -2.28. The highest BCUT2D eigenvalue weighted by molar-refractivity contribution is 6.60. The van der Waals surface area contributed by atoms with Crippen LogP contribution >= 0.6 is 0 Å². The summed E-state index contributed by atoms with van der Waals surface area (Å²) in [5.41, 5.74) is 11.1. The standard InChI is InChI=1S/C16H36N8O3Si/c1-4-25-28(26-5-2,27-6-3)13-7-8-14-21-15(20-11-9-17)23-16(22-14)24(19)12-10-18/h4-13,17-19H2,1-3H3,(H,20,21,22,23). The Bertz CT molecular complexity index is 538. The van der Waals surface area contributed by atoms with Gasteiger partial charge in [0, 0.05) is 58.5 Å². The van der Waals surface area contributed by atoms with E-state index in [0.717, 1.165) is 6.42 Å². The zero-order valence-corrected chi connectivity index (χ0v) is 18.3. The minimum Gasteiger partial charge on any atom is -0.374 e. The van der Waals surface area contributed by atoms with E-state index >= 15 is 0 Å². The van der Waals surface area contributed by atoms with E-state index in [1.54, 1.807) is 0 Å². The van der Waals surface area contributed by atoms with Gasteiger partial charge < -0.3 is 30.1 Å². The largest absolute Gasteiger partial charge is 0.500 e. The van der Waals surface area contributed by atoms with Crippen LogP contribution in [-0.2, 0) is 19.7 Å². The third kappa shape index (κ3) is 8.30. The van der Waals surface area contributed by atoms with Crippen LogP contribution in [0.25, 0.3) is 0 Å².